The zero-order valence-corrected chi connectivity index (χ0v) is 20.2. The van der Waals surface area contributed by atoms with Crippen LogP contribution in [0.1, 0.15) is 56.5 Å². The summed E-state index contributed by atoms with van der Waals surface area (Å²) in [7, 11) is 0. The van der Waals surface area contributed by atoms with Crippen molar-refractivity contribution in [3.05, 3.63) is 41.4 Å². The fourth-order valence-corrected chi connectivity index (χ4v) is 2.78. The minimum atomic E-state index is -4.41. The van der Waals surface area contributed by atoms with Crippen molar-refractivity contribution in [1.82, 2.24) is 20.8 Å². The molecule has 174 valence electrons. The molecule has 2 heterocycles. The molecule has 0 atom stereocenters. The number of alkyl halides is 3. The van der Waals surface area contributed by atoms with Gasteiger partial charge in [0.05, 0.1) is 18.8 Å². The summed E-state index contributed by atoms with van der Waals surface area (Å²) in [4.78, 5) is 8.24. The van der Waals surface area contributed by atoms with E-state index in [4.69, 9.17) is 4.52 Å². The predicted molar refractivity (Wildman–Crippen MR) is 123 cm³/mol. The van der Waals surface area contributed by atoms with E-state index in [0.29, 0.717) is 36.3 Å². The van der Waals surface area contributed by atoms with Gasteiger partial charge in [-0.1, -0.05) is 19.0 Å². The topological polar surface area (TPSA) is 84.6 Å². The molecule has 2 aromatic heterocycles. The molecule has 0 fully saturated rings. The van der Waals surface area contributed by atoms with Crippen molar-refractivity contribution in [2.24, 2.45) is 4.99 Å². The summed E-state index contributed by atoms with van der Waals surface area (Å²) in [5.74, 6) is 1.54. The number of hydrogen-bond donors (Lipinski definition) is 2. The van der Waals surface area contributed by atoms with Crippen molar-refractivity contribution in [3.63, 3.8) is 0 Å². The van der Waals surface area contributed by atoms with Crippen LogP contribution in [0, 0.1) is 0 Å². The van der Waals surface area contributed by atoms with Gasteiger partial charge in [-0.3, -0.25) is 0 Å². The Labute approximate surface area is 197 Å². The molecular formula is C20H29F3IN5O2. The second-order valence-corrected chi connectivity index (χ2v) is 6.69. The third-order valence-corrected chi connectivity index (χ3v) is 4.36. The maximum atomic E-state index is 12.3. The molecule has 7 nitrogen and oxygen atoms in total. The summed E-state index contributed by atoms with van der Waals surface area (Å²) in [5.41, 5.74) is 1.62. The Morgan fingerprint density at radius 1 is 1.19 bits per heavy atom. The first kappa shape index (κ1) is 27.0. The van der Waals surface area contributed by atoms with Crippen molar-refractivity contribution >= 4 is 29.9 Å². The highest BCUT2D eigenvalue weighted by atomic mass is 127. The van der Waals surface area contributed by atoms with Crippen molar-refractivity contribution in [2.45, 2.75) is 58.8 Å². The number of nitrogens with zero attached hydrogens (tertiary/aromatic N) is 3. The van der Waals surface area contributed by atoms with Crippen molar-refractivity contribution in [2.75, 3.05) is 13.2 Å². The van der Waals surface area contributed by atoms with Gasteiger partial charge >= 0.3 is 6.18 Å². The Hall–Kier alpha value is -2.05. The molecule has 0 amide bonds. The minimum Gasteiger partial charge on any atom is -0.468 e. The number of aromatic nitrogens is 2. The van der Waals surface area contributed by atoms with Crippen LogP contribution in [0.3, 0.4) is 0 Å². The van der Waals surface area contributed by atoms with Gasteiger partial charge in [0.2, 0.25) is 5.88 Å². The van der Waals surface area contributed by atoms with E-state index in [1.165, 1.54) is 12.3 Å². The summed E-state index contributed by atoms with van der Waals surface area (Å²) >= 11 is 0. The number of halogens is 4. The molecule has 0 aliphatic heterocycles. The van der Waals surface area contributed by atoms with E-state index in [9.17, 15) is 13.2 Å². The monoisotopic (exact) mass is 555 g/mol. The highest BCUT2D eigenvalue weighted by Crippen LogP contribution is 2.22. The summed E-state index contributed by atoms with van der Waals surface area (Å²) in [6, 6.07) is 5.06. The molecule has 2 N–H and O–H groups in total. The van der Waals surface area contributed by atoms with E-state index >= 15 is 0 Å². The molecule has 0 aliphatic rings. The molecule has 0 radical (unpaired) electrons. The normalized spacial score (nSPS) is 11.9. The number of rotatable bonds is 10. The Bertz CT molecular complexity index is 810. The average Bonchev–Trinajstić information content (AvgIpc) is 3.18. The van der Waals surface area contributed by atoms with Crippen LogP contribution in [0.4, 0.5) is 13.2 Å². The third kappa shape index (κ3) is 9.74. The Kier molecular flexibility index (Phi) is 11.6. The van der Waals surface area contributed by atoms with Crippen molar-refractivity contribution in [1.29, 1.82) is 0 Å². The summed E-state index contributed by atoms with van der Waals surface area (Å²) in [5, 5.41) is 10.4. The zero-order chi connectivity index (χ0) is 22.0. The van der Waals surface area contributed by atoms with Crippen LogP contribution in [-0.4, -0.2) is 35.4 Å². The molecule has 11 heteroatoms. The molecule has 0 spiro atoms. The molecule has 0 aromatic carbocycles. The van der Waals surface area contributed by atoms with E-state index < -0.39 is 12.8 Å². The standard InChI is InChI=1S/C20H28F3N5O2.HI/c1-4-15(5-2)17-10-16(30-28-17)12-27-19(24-6-3)26-11-14-7-8-25-18(9-14)29-13-20(21,22)23;/h7-10,15H,4-6,11-13H2,1-3H3,(H2,24,26,27);1H. The largest absolute Gasteiger partial charge is 0.468 e. The first-order valence-corrected chi connectivity index (χ1v) is 9.96. The molecule has 2 aromatic rings. The van der Waals surface area contributed by atoms with Crippen LogP contribution < -0.4 is 15.4 Å². The maximum absolute atomic E-state index is 12.3. The summed E-state index contributed by atoms with van der Waals surface area (Å²) < 4.78 is 46.9. The smallest absolute Gasteiger partial charge is 0.422 e. The molecule has 0 aliphatic carbocycles. The van der Waals surface area contributed by atoms with E-state index in [1.807, 2.05) is 13.0 Å². The number of ether oxygens (including phenoxy) is 1. The van der Waals surface area contributed by atoms with Crippen molar-refractivity contribution in [3.8, 4) is 5.88 Å². The van der Waals surface area contributed by atoms with E-state index in [-0.39, 0.29) is 36.4 Å². The lowest BCUT2D eigenvalue weighted by atomic mass is 9.99. The van der Waals surface area contributed by atoms with Crippen LogP contribution in [0.2, 0.25) is 0 Å². The van der Waals surface area contributed by atoms with Crippen LogP contribution in [-0.2, 0) is 13.1 Å². The lowest BCUT2D eigenvalue weighted by Crippen LogP contribution is -2.36. The fraction of sp³-hybridized carbons (Fsp3) is 0.550. The first-order valence-electron chi connectivity index (χ1n) is 9.96. The molecule has 2 rings (SSSR count). The molecular weight excluding hydrogens is 526 g/mol. The SMILES string of the molecule is CCNC(=NCc1ccnc(OCC(F)(F)F)c1)NCc1cc(C(CC)CC)no1.I. The van der Waals surface area contributed by atoms with Crippen molar-refractivity contribution < 1.29 is 22.4 Å². The minimum absolute atomic E-state index is 0. The number of guanidine groups is 1. The van der Waals surface area contributed by atoms with Gasteiger partial charge in [-0.05, 0) is 31.4 Å². The van der Waals surface area contributed by atoms with Gasteiger partial charge in [0.1, 0.15) is 0 Å². The number of pyridine rings is 1. The summed E-state index contributed by atoms with van der Waals surface area (Å²) in [6.07, 6.45) is -1.02. The quantitative estimate of drug-likeness (QED) is 0.249. The second kappa shape index (κ2) is 13.4. The lowest BCUT2D eigenvalue weighted by Gasteiger charge is -2.11. The maximum Gasteiger partial charge on any atom is 0.422 e. The van der Waals surface area contributed by atoms with Crippen LogP contribution in [0.25, 0.3) is 0 Å². The molecule has 0 saturated carbocycles. The predicted octanol–water partition coefficient (Wildman–Crippen LogP) is 4.79. The molecule has 0 unspecified atom stereocenters. The fourth-order valence-electron chi connectivity index (χ4n) is 2.78. The van der Waals surface area contributed by atoms with Gasteiger partial charge in [-0.2, -0.15) is 13.2 Å². The third-order valence-electron chi connectivity index (χ3n) is 4.36. The van der Waals surface area contributed by atoms with Gasteiger partial charge in [0.25, 0.3) is 0 Å². The van der Waals surface area contributed by atoms with E-state index in [1.54, 1.807) is 6.07 Å². The Balaban J connectivity index is 0.00000480. The zero-order valence-electron chi connectivity index (χ0n) is 17.8. The molecule has 0 bridgehead atoms. The molecule has 0 saturated heterocycles. The number of aliphatic imine (C=N–C) groups is 1. The van der Waals surface area contributed by atoms with Gasteiger partial charge in [-0.15, -0.1) is 24.0 Å². The first-order chi connectivity index (χ1) is 14.3. The van der Waals surface area contributed by atoms with E-state index in [2.05, 4.69) is 44.4 Å². The van der Waals surface area contributed by atoms with Crippen LogP contribution in [0.15, 0.2) is 33.9 Å². The van der Waals surface area contributed by atoms with Gasteiger partial charge in [0.15, 0.2) is 18.3 Å². The van der Waals surface area contributed by atoms with Gasteiger partial charge in [-0.25, -0.2) is 9.98 Å². The van der Waals surface area contributed by atoms with Crippen LogP contribution >= 0.6 is 24.0 Å². The summed E-state index contributed by atoms with van der Waals surface area (Å²) in [6.45, 7) is 6.10. The highest BCUT2D eigenvalue weighted by Gasteiger charge is 2.28. The second-order valence-electron chi connectivity index (χ2n) is 6.69. The van der Waals surface area contributed by atoms with E-state index in [0.717, 1.165) is 18.5 Å². The number of hydrogen-bond acceptors (Lipinski definition) is 5. The van der Waals surface area contributed by atoms with Crippen LogP contribution in [0.5, 0.6) is 5.88 Å². The lowest BCUT2D eigenvalue weighted by molar-refractivity contribution is -0.154. The van der Waals surface area contributed by atoms with Gasteiger partial charge in [0, 0.05) is 30.8 Å². The van der Waals surface area contributed by atoms with Gasteiger partial charge < -0.3 is 19.9 Å². The molecule has 31 heavy (non-hydrogen) atoms. The number of nitrogens with one attached hydrogen (secondary N) is 2. The Morgan fingerprint density at radius 2 is 1.94 bits per heavy atom. The highest BCUT2D eigenvalue weighted by molar-refractivity contribution is 14.0. The Morgan fingerprint density at radius 3 is 2.58 bits per heavy atom. The average molecular weight is 555 g/mol.